The third-order valence-electron chi connectivity index (χ3n) is 1.94. The van der Waals surface area contributed by atoms with Crippen molar-refractivity contribution in [1.82, 2.24) is 9.97 Å². The molecule has 0 aliphatic heterocycles. The molecule has 1 aromatic rings. The van der Waals surface area contributed by atoms with E-state index in [-0.39, 0.29) is 0 Å². The van der Waals surface area contributed by atoms with Gasteiger partial charge in [0.2, 0.25) is 0 Å². The summed E-state index contributed by atoms with van der Waals surface area (Å²) in [5.41, 5.74) is 0. The third kappa shape index (κ3) is 3.19. The molecule has 1 aromatic heterocycles. The van der Waals surface area contributed by atoms with Gasteiger partial charge in [0.05, 0.1) is 12.4 Å². The number of hydrogen-bond acceptors (Lipinski definition) is 3. The van der Waals surface area contributed by atoms with Crippen LogP contribution in [0.1, 0.15) is 26.7 Å². The third-order valence-corrected chi connectivity index (χ3v) is 2.12. The highest BCUT2D eigenvalue weighted by Crippen LogP contribution is 2.10. The predicted molar refractivity (Wildman–Crippen MR) is 55.0 cm³/mol. The minimum atomic E-state index is 0.427. The van der Waals surface area contributed by atoms with E-state index in [1.165, 1.54) is 6.20 Å². The van der Waals surface area contributed by atoms with Crippen LogP contribution in [0.5, 0.6) is 0 Å². The van der Waals surface area contributed by atoms with Crippen LogP contribution >= 0.6 is 11.6 Å². The minimum absolute atomic E-state index is 0.427. The van der Waals surface area contributed by atoms with Crippen LogP contribution in [0.4, 0.5) is 5.82 Å². The summed E-state index contributed by atoms with van der Waals surface area (Å²) < 4.78 is 0. The van der Waals surface area contributed by atoms with E-state index < -0.39 is 0 Å². The first-order valence-electron chi connectivity index (χ1n) is 4.50. The lowest BCUT2D eigenvalue weighted by Gasteiger charge is -2.14. The standard InChI is InChI=1S/C9H14ClN3/c1-3-7(4-2)12-9-6-11-5-8(10)13-9/h5-7H,3-4H2,1-2H3,(H,12,13). The molecule has 4 heteroatoms. The Morgan fingerprint density at radius 2 is 2.08 bits per heavy atom. The first-order chi connectivity index (χ1) is 6.26. The highest BCUT2D eigenvalue weighted by atomic mass is 35.5. The first-order valence-corrected chi connectivity index (χ1v) is 4.88. The Bertz CT molecular complexity index is 261. The van der Waals surface area contributed by atoms with Crippen LogP contribution < -0.4 is 5.32 Å². The van der Waals surface area contributed by atoms with E-state index in [0.29, 0.717) is 11.2 Å². The number of anilines is 1. The fourth-order valence-electron chi connectivity index (χ4n) is 1.11. The summed E-state index contributed by atoms with van der Waals surface area (Å²) in [6.07, 6.45) is 5.36. The van der Waals surface area contributed by atoms with E-state index in [0.717, 1.165) is 18.7 Å². The Kier molecular flexibility index (Phi) is 3.96. The van der Waals surface area contributed by atoms with E-state index in [1.54, 1.807) is 6.20 Å². The van der Waals surface area contributed by atoms with E-state index in [2.05, 4.69) is 29.1 Å². The summed E-state index contributed by atoms with van der Waals surface area (Å²) in [5, 5.41) is 3.69. The van der Waals surface area contributed by atoms with Crippen LogP contribution in [0.25, 0.3) is 0 Å². The molecular formula is C9H14ClN3. The van der Waals surface area contributed by atoms with Crippen molar-refractivity contribution in [3.63, 3.8) is 0 Å². The van der Waals surface area contributed by atoms with Gasteiger partial charge >= 0.3 is 0 Å². The molecule has 0 amide bonds. The molecule has 0 aliphatic carbocycles. The Morgan fingerprint density at radius 1 is 1.38 bits per heavy atom. The van der Waals surface area contributed by atoms with Crippen molar-refractivity contribution in [3.8, 4) is 0 Å². The fourth-order valence-corrected chi connectivity index (χ4v) is 1.26. The molecule has 1 heterocycles. The van der Waals surface area contributed by atoms with Gasteiger partial charge in [0, 0.05) is 6.04 Å². The molecule has 1 N–H and O–H groups in total. The summed E-state index contributed by atoms with van der Waals surface area (Å²) in [4.78, 5) is 8.05. The molecule has 0 aromatic carbocycles. The van der Waals surface area contributed by atoms with Crippen molar-refractivity contribution >= 4 is 17.4 Å². The highest BCUT2D eigenvalue weighted by molar-refractivity contribution is 6.29. The Hall–Kier alpha value is -0.830. The molecule has 0 aliphatic rings. The van der Waals surface area contributed by atoms with Crippen LogP contribution in [0, 0.1) is 0 Å². The number of nitrogens with one attached hydrogen (secondary N) is 1. The summed E-state index contributed by atoms with van der Waals surface area (Å²) in [6, 6.07) is 0.452. The zero-order valence-electron chi connectivity index (χ0n) is 7.92. The quantitative estimate of drug-likeness (QED) is 0.811. The number of hydrogen-bond donors (Lipinski definition) is 1. The van der Waals surface area contributed by atoms with E-state index in [4.69, 9.17) is 11.6 Å². The fraction of sp³-hybridized carbons (Fsp3) is 0.556. The molecule has 0 saturated heterocycles. The molecule has 0 bridgehead atoms. The van der Waals surface area contributed by atoms with Gasteiger partial charge in [-0.05, 0) is 12.8 Å². The van der Waals surface area contributed by atoms with Gasteiger partial charge in [-0.1, -0.05) is 25.4 Å². The molecule has 0 fully saturated rings. The molecule has 0 radical (unpaired) electrons. The molecular weight excluding hydrogens is 186 g/mol. The number of halogens is 1. The summed E-state index contributed by atoms with van der Waals surface area (Å²) in [5.74, 6) is 0.751. The van der Waals surface area contributed by atoms with Crippen molar-refractivity contribution in [2.75, 3.05) is 5.32 Å². The van der Waals surface area contributed by atoms with Crippen LogP contribution in [-0.4, -0.2) is 16.0 Å². The Morgan fingerprint density at radius 3 is 2.62 bits per heavy atom. The average Bonchev–Trinajstić information content (AvgIpc) is 2.14. The zero-order valence-corrected chi connectivity index (χ0v) is 8.67. The maximum Gasteiger partial charge on any atom is 0.149 e. The van der Waals surface area contributed by atoms with Crippen molar-refractivity contribution in [1.29, 1.82) is 0 Å². The molecule has 0 saturated carbocycles. The largest absolute Gasteiger partial charge is 0.366 e. The lowest BCUT2D eigenvalue weighted by Crippen LogP contribution is -2.17. The highest BCUT2D eigenvalue weighted by Gasteiger charge is 2.03. The van der Waals surface area contributed by atoms with Gasteiger partial charge in [-0.25, -0.2) is 4.98 Å². The van der Waals surface area contributed by atoms with Gasteiger partial charge in [-0.15, -0.1) is 0 Å². The zero-order chi connectivity index (χ0) is 9.68. The average molecular weight is 200 g/mol. The van der Waals surface area contributed by atoms with E-state index in [9.17, 15) is 0 Å². The second kappa shape index (κ2) is 5.02. The summed E-state index contributed by atoms with van der Waals surface area (Å²) in [6.45, 7) is 4.28. The van der Waals surface area contributed by atoms with E-state index in [1.807, 2.05) is 0 Å². The van der Waals surface area contributed by atoms with Crippen LogP contribution in [0.2, 0.25) is 5.15 Å². The smallest absolute Gasteiger partial charge is 0.149 e. The molecule has 1 rings (SSSR count). The minimum Gasteiger partial charge on any atom is -0.366 e. The second-order valence-corrected chi connectivity index (χ2v) is 3.27. The predicted octanol–water partition coefficient (Wildman–Crippen LogP) is 2.73. The molecule has 0 spiro atoms. The molecule has 3 nitrogen and oxygen atoms in total. The number of rotatable bonds is 4. The molecule has 0 atom stereocenters. The van der Waals surface area contributed by atoms with Gasteiger partial charge in [0.25, 0.3) is 0 Å². The lowest BCUT2D eigenvalue weighted by atomic mass is 10.2. The van der Waals surface area contributed by atoms with Gasteiger partial charge in [0.1, 0.15) is 11.0 Å². The van der Waals surface area contributed by atoms with Crippen LogP contribution in [0.15, 0.2) is 12.4 Å². The lowest BCUT2D eigenvalue weighted by molar-refractivity contribution is 0.668. The van der Waals surface area contributed by atoms with Crippen LogP contribution in [0.3, 0.4) is 0 Å². The summed E-state index contributed by atoms with van der Waals surface area (Å²) in [7, 11) is 0. The number of nitrogens with zero attached hydrogens (tertiary/aromatic N) is 2. The Balaban J connectivity index is 2.62. The normalized spacial score (nSPS) is 10.5. The SMILES string of the molecule is CCC(CC)Nc1cncc(Cl)n1. The van der Waals surface area contributed by atoms with E-state index >= 15 is 0 Å². The topological polar surface area (TPSA) is 37.8 Å². The van der Waals surface area contributed by atoms with Gasteiger partial charge < -0.3 is 5.32 Å². The van der Waals surface area contributed by atoms with Crippen molar-refractivity contribution < 1.29 is 0 Å². The van der Waals surface area contributed by atoms with Crippen molar-refractivity contribution in [2.45, 2.75) is 32.7 Å². The molecule has 72 valence electrons. The molecule has 0 unspecified atom stereocenters. The van der Waals surface area contributed by atoms with Gasteiger partial charge in [-0.3, -0.25) is 4.98 Å². The first kappa shape index (κ1) is 10.3. The molecule has 13 heavy (non-hydrogen) atoms. The second-order valence-electron chi connectivity index (χ2n) is 2.88. The van der Waals surface area contributed by atoms with Gasteiger partial charge in [-0.2, -0.15) is 0 Å². The van der Waals surface area contributed by atoms with Gasteiger partial charge in [0.15, 0.2) is 0 Å². The van der Waals surface area contributed by atoms with Crippen LogP contribution in [-0.2, 0) is 0 Å². The number of aromatic nitrogens is 2. The monoisotopic (exact) mass is 199 g/mol. The Labute approximate surface area is 83.5 Å². The maximum absolute atomic E-state index is 5.70. The summed E-state index contributed by atoms with van der Waals surface area (Å²) >= 11 is 5.70. The van der Waals surface area contributed by atoms with Crippen molar-refractivity contribution in [3.05, 3.63) is 17.5 Å². The van der Waals surface area contributed by atoms with Crippen molar-refractivity contribution in [2.24, 2.45) is 0 Å². The maximum atomic E-state index is 5.70.